The molecule has 1 aliphatic heterocycles. The van der Waals surface area contributed by atoms with Gasteiger partial charge < -0.3 is 10.0 Å². The molecule has 2 rings (SSSR count). The van der Waals surface area contributed by atoms with Gasteiger partial charge in [0.25, 0.3) is 5.91 Å². The van der Waals surface area contributed by atoms with Crippen molar-refractivity contribution >= 4 is 18.5 Å². The summed E-state index contributed by atoms with van der Waals surface area (Å²) in [5.41, 5.74) is -0.276. The van der Waals surface area contributed by atoms with Crippen LogP contribution in [0.25, 0.3) is 0 Å². The van der Waals surface area contributed by atoms with Gasteiger partial charge in [0, 0.05) is 43.2 Å². The fourth-order valence-electron chi connectivity index (χ4n) is 2.48. The Labute approximate surface area is 130 Å². The molecule has 21 heavy (non-hydrogen) atoms. The number of thiol groups is 1. The smallest absolute Gasteiger partial charge is 0.253 e. The van der Waals surface area contributed by atoms with Crippen molar-refractivity contribution in [3.63, 3.8) is 0 Å². The van der Waals surface area contributed by atoms with Crippen molar-refractivity contribution in [2.75, 3.05) is 32.7 Å². The standard InChI is InChI=1S/C15H21FN2O2S/c1-15(2,20)10-17-5-7-18(8-6-17)14(19)11-3-4-12(16)13(21)9-11/h3-4,9,20-21H,5-8,10H2,1-2H3. The van der Waals surface area contributed by atoms with E-state index >= 15 is 0 Å². The van der Waals surface area contributed by atoms with E-state index in [9.17, 15) is 14.3 Å². The molecule has 0 radical (unpaired) electrons. The molecule has 1 saturated heterocycles. The van der Waals surface area contributed by atoms with E-state index < -0.39 is 11.4 Å². The Morgan fingerprint density at radius 2 is 1.95 bits per heavy atom. The maximum absolute atomic E-state index is 13.2. The molecule has 0 aromatic heterocycles. The summed E-state index contributed by atoms with van der Waals surface area (Å²) < 4.78 is 13.2. The molecule has 0 unspecified atom stereocenters. The van der Waals surface area contributed by atoms with E-state index in [-0.39, 0.29) is 10.8 Å². The molecule has 1 aromatic carbocycles. The van der Waals surface area contributed by atoms with Gasteiger partial charge in [-0.3, -0.25) is 9.69 Å². The molecule has 0 atom stereocenters. The van der Waals surface area contributed by atoms with Crippen molar-refractivity contribution in [1.29, 1.82) is 0 Å². The summed E-state index contributed by atoms with van der Waals surface area (Å²) >= 11 is 4.01. The summed E-state index contributed by atoms with van der Waals surface area (Å²) in [6.07, 6.45) is 0. The molecule has 0 aliphatic carbocycles. The molecule has 116 valence electrons. The maximum Gasteiger partial charge on any atom is 0.253 e. The van der Waals surface area contributed by atoms with Crippen LogP contribution in [0.15, 0.2) is 23.1 Å². The van der Waals surface area contributed by atoms with Gasteiger partial charge in [0.05, 0.1) is 5.60 Å². The van der Waals surface area contributed by atoms with Gasteiger partial charge in [0.15, 0.2) is 0 Å². The van der Waals surface area contributed by atoms with Gasteiger partial charge in [0.1, 0.15) is 5.82 Å². The molecule has 1 N–H and O–H groups in total. The van der Waals surface area contributed by atoms with Crippen molar-refractivity contribution in [3.05, 3.63) is 29.6 Å². The zero-order valence-electron chi connectivity index (χ0n) is 12.3. The van der Waals surface area contributed by atoms with Crippen molar-refractivity contribution in [1.82, 2.24) is 9.80 Å². The number of piperazine rings is 1. The van der Waals surface area contributed by atoms with Gasteiger partial charge in [-0.05, 0) is 32.0 Å². The highest BCUT2D eigenvalue weighted by Crippen LogP contribution is 2.17. The molecule has 1 aliphatic rings. The number of hydrogen-bond acceptors (Lipinski definition) is 4. The summed E-state index contributed by atoms with van der Waals surface area (Å²) in [5, 5.41) is 9.81. The Morgan fingerprint density at radius 1 is 1.33 bits per heavy atom. The number of hydrogen-bond donors (Lipinski definition) is 2. The number of nitrogens with zero attached hydrogens (tertiary/aromatic N) is 2. The second-order valence-electron chi connectivity index (χ2n) is 6.05. The monoisotopic (exact) mass is 312 g/mol. The molecule has 4 nitrogen and oxygen atoms in total. The van der Waals surface area contributed by atoms with Crippen LogP contribution in [-0.2, 0) is 0 Å². The molecule has 6 heteroatoms. The lowest BCUT2D eigenvalue weighted by Crippen LogP contribution is -2.52. The molecule has 0 spiro atoms. The number of amides is 1. The van der Waals surface area contributed by atoms with Crippen LogP contribution in [0.3, 0.4) is 0 Å². The zero-order valence-corrected chi connectivity index (χ0v) is 13.2. The summed E-state index contributed by atoms with van der Waals surface area (Å²) in [6.45, 7) is 6.80. The zero-order chi connectivity index (χ0) is 15.6. The van der Waals surface area contributed by atoms with Crippen LogP contribution >= 0.6 is 12.6 Å². The molecule has 0 bridgehead atoms. The van der Waals surface area contributed by atoms with Gasteiger partial charge in [-0.25, -0.2) is 4.39 Å². The van der Waals surface area contributed by atoms with E-state index in [0.717, 1.165) is 13.1 Å². The first kappa shape index (κ1) is 16.3. The fourth-order valence-corrected chi connectivity index (χ4v) is 2.70. The number of carbonyl (C=O) groups is 1. The first-order valence-corrected chi connectivity index (χ1v) is 7.43. The van der Waals surface area contributed by atoms with E-state index in [1.54, 1.807) is 18.7 Å². The lowest BCUT2D eigenvalue weighted by molar-refractivity contribution is 0.0178. The summed E-state index contributed by atoms with van der Waals surface area (Å²) in [6, 6.07) is 4.21. The SMILES string of the molecule is CC(C)(O)CN1CCN(C(=O)c2ccc(F)c(S)c2)CC1. The average Bonchev–Trinajstić information content (AvgIpc) is 2.40. The summed E-state index contributed by atoms with van der Waals surface area (Å²) in [5.74, 6) is -0.530. The topological polar surface area (TPSA) is 43.8 Å². The Balaban J connectivity index is 1.95. The van der Waals surface area contributed by atoms with Crippen LogP contribution in [0.1, 0.15) is 24.2 Å². The summed E-state index contributed by atoms with van der Waals surface area (Å²) in [4.78, 5) is 16.4. The minimum absolute atomic E-state index is 0.104. The van der Waals surface area contributed by atoms with E-state index in [1.165, 1.54) is 18.2 Å². The number of benzene rings is 1. The molecule has 0 saturated carbocycles. The lowest BCUT2D eigenvalue weighted by atomic mass is 10.1. The van der Waals surface area contributed by atoms with Crippen molar-refractivity contribution in [2.45, 2.75) is 24.3 Å². The van der Waals surface area contributed by atoms with Gasteiger partial charge in [-0.1, -0.05) is 0 Å². The Bertz CT molecular complexity index is 523. The first-order chi connectivity index (χ1) is 9.76. The minimum Gasteiger partial charge on any atom is -0.389 e. The first-order valence-electron chi connectivity index (χ1n) is 6.99. The van der Waals surface area contributed by atoms with E-state index in [0.29, 0.717) is 25.2 Å². The fraction of sp³-hybridized carbons (Fsp3) is 0.533. The van der Waals surface area contributed by atoms with Crippen molar-refractivity contribution < 1.29 is 14.3 Å². The molecule has 1 heterocycles. The van der Waals surface area contributed by atoms with Crippen molar-refractivity contribution in [3.8, 4) is 0 Å². The van der Waals surface area contributed by atoms with Gasteiger partial charge in [-0.2, -0.15) is 0 Å². The predicted octanol–water partition coefficient (Wildman–Crippen LogP) is 1.64. The average molecular weight is 312 g/mol. The lowest BCUT2D eigenvalue weighted by Gasteiger charge is -2.37. The van der Waals surface area contributed by atoms with Crippen LogP contribution < -0.4 is 0 Å². The molecule has 1 aromatic rings. The van der Waals surface area contributed by atoms with Crippen LogP contribution in [0.4, 0.5) is 4.39 Å². The van der Waals surface area contributed by atoms with Crippen LogP contribution in [0.5, 0.6) is 0 Å². The third-order valence-electron chi connectivity index (χ3n) is 3.46. The number of β-amino-alcohol motifs (C(OH)–C–C–N with tert-alkyl or cyclic N) is 1. The van der Waals surface area contributed by atoms with E-state index in [1.807, 2.05) is 0 Å². The number of rotatable bonds is 3. The second kappa shape index (κ2) is 6.34. The molecule has 1 amide bonds. The highest BCUT2D eigenvalue weighted by Gasteiger charge is 2.25. The third-order valence-corrected chi connectivity index (χ3v) is 3.81. The Kier molecular flexibility index (Phi) is 4.91. The second-order valence-corrected chi connectivity index (χ2v) is 6.53. The quantitative estimate of drug-likeness (QED) is 0.834. The van der Waals surface area contributed by atoms with Crippen LogP contribution in [-0.4, -0.2) is 59.1 Å². The number of halogens is 1. The minimum atomic E-state index is -0.732. The van der Waals surface area contributed by atoms with E-state index in [4.69, 9.17) is 0 Å². The summed E-state index contributed by atoms with van der Waals surface area (Å²) in [7, 11) is 0. The maximum atomic E-state index is 13.2. The highest BCUT2D eigenvalue weighted by molar-refractivity contribution is 7.80. The van der Waals surface area contributed by atoms with E-state index in [2.05, 4.69) is 17.5 Å². The van der Waals surface area contributed by atoms with Crippen molar-refractivity contribution in [2.24, 2.45) is 0 Å². The van der Waals surface area contributed by atoms with Gasteiger partial charge in [-0.15, -0.1) is 12.6 Å². The van der Waals surface area contributed by atoms with Gasteiger partial charge >= 0.3 is 0 Å². The molecular weight excluding hydrogens is 291 g/mol. The third kappa shape index (κ3) is 4.43. The Hall–Kier alpha value is -1.11. The Morgan fingerprint density at radius 3 is 2.48 bits per heavy atom. The molecule has 1 fully saturated rings. The molecular formula is C15H21FN2O2S. The van der Waals surface area contributed by atoms with Gasteiger partial charge in [0.2, 0.25) is 0 Å². The van der Waals surface area contributed by atoms with Crippen LogP contribution in [0, 0.1) is 5.82 Å². The normalized spacial score (nSPS) is 17.1. The predicted molar refractivity (Wildman–Crippen MR) is 82.3 cm³/mol. The number of aliphatic hydroxyl groups is 1. The largest absolute Gasteiger partial charge is 0.389 e. The van der Waals surface area contributed by atoms with Crippen LogP contribution in [0.2, 0.25) is 0 Å². The number of carbonyl (C=O) groups excluding carboxylic acids is 1. The highest BCUT2D eigenvalue weighted by atomic mass is 32.1.